The van der Waals surface area contributed by atoms with Crippen molar-refractivity contribution in [2.24, 2.45) is 5.73 Å². The van der Waals surface area contributed by atoms with Crippen molar-refractivity contribution in [3.8, 4) is 23.0 Å². The summed E-state index contributed by atoms with van der Waals surface area (Å²) in [7, 11) is 0. The summed E-state index contributed by atoms with van der Waals surface area (Å²) in [5, 5.41) is 13.2. The number of nitrogens with zero attached hydrogens (tertiary/aromatic N) is 3. The molecule has 0 radical (unpaired) electrons. The molecule has 23 heavy (non-hydrogen) atoms. The van der Waals surface area contributed by atoms with Gasteiger partial charge in [0.25, 0.3) is 5.91 Å². The molecule has 0 saturated heterocycles. The number of hydrogen-bond acceptors (Lipinski definition) is 3. The van der Waals surface area contributed by atoms with Gasteiger partial charge in [-0.25, -0.2) is 4.68 Å². The third kappa shape index (κ3) is 2.83. The number of benzene rings is 2. The summed E-state index contributed by atoms with van der Waals surface area (Å²) >= 11 is 0. The first-order valence-electron chi connectivity index (χ1n) is 7.06. The van der Waals surface area contributed by atoms with Gasteiger partial charge in [-0.1, -0.05) is 29.8 Å². The van der Waals surface area contributed by atoms with Crippen molar-refractivity contribution in [1.29, 1.82) is 5.26 Å². The molecular formula is C18H14N4O. The number of aromatic nitrogens is 2. The van der Waals surface area contributed by atoms with E-state index in [2.05, 4.69) is 11.2 Å². The second-order valence-electron chi connectivity index (χ2n) is 5.22. The average molecular weight is 302 g/mol. The monoisotopic (exact) mass is 302 g/mol. The minimum Gasteiger partial charge on any atom is -0.364 e. The molecule has 112 valence electrons. The predicted octanol–water partition coefficient (Wildman–Crippen LogP) is 2.82. The van der Waals surface area contributed by atoms with Gasteiger partial charge in [0, 0.05) is 5.56 Å². The molecule has 5 heteroatoms. The minimum absolute atomic E-state index is 0.199. The number of hydrogen-bond donors (Lipinski definition) is 1. The third-order valence-corrected chi connectivity index (χ3v) is 3.55. The molecule has 0 unspecified atom stereocenters. The fourth-order valence-corrected chi connectivity index (χ4v) is 2.31. The van der Waals surface area contributed by atoms with Crippen LogP contribution in [0.25, 0.3) is 16.9 Å². The van der Waals surface area contributed by atoms with Crippen LogP contribution in [0.1, 0.15) is 21.6 Å². The maximum absolute atomic E-state index is 11.5. The molecule has 0 saturated carbocycles. The van der Waals surface area contributed by atoms with Gasteiger partial charge in [-0.2, -0.15) is 10.4 Å². The summed E-state index contributed by atoms with van der Waals surface area (Å²) in [6.07, 6.45) is 0. The van der Waals surface area contributed by atoms with E-state index in [1.54, 1.807) is 22.9 Å². The Balaban J connectivity index is 2.16. The maximum Gasteiger partial charge on any atom is 0.269 e. The summed E-state index contributed by atoms with van der Waals surface area (Å²) in [5.74, 6) is -0.578. The number of carbonyl (C=O) groups excluding carboxylic acids is 1. The zero-order valence-corrected chi connectivity index (χ0v) is 12.5. The quantitative estimate of drug-likeness (QED) is 0.807. The van der Waals surface area contributed by atoms with Crippen LogP contribution in [0.4, 0.5) is 0 Å². The van der Waals surface area contributed by atoms with Crippen LogP contribution in [0.5, 0.6) is 0 Å². The Morgan fingerprint density at radius 2 is 1.78 bits per heavy atom. The second kappa shape index (κ2) is 5.78. The number of carbonyl (C=O) groups is 1. The van der Waals surface area contributed by atoms with E-state index >= 15 is 0 Å². The van der Waals surface area contributed by atoms with Crippen LogP contribution in [0.3, 0.4) is 0 Å². The molecular weight excluding hydrogens is 288 g/mol. The highest BCUT2D eigenvalue weighted by atomic mass is 16.1. The Morgan fingerprint density at radius 1 is 1.13 bits per heavy atom. The first-order valence-corrected chi connectivity index (χ1v) is 7.06. The van der Waals surface area contributed by atoms with Crippen molar-refractivity contribution in [2.75, 3.05) is 0 Å². The van der Waals surface area contributed by atoms with Crippen molar-refractivity contribution >= 4 is 5.91 Å². The van der Waals surface area contributed by atoms with Gasteiger partial charge in [0.2, 0.25) is 0 Å². The molecule has 1 aromatic heterocycles. The SMILES string of the molecule is Cc1ccc(-n2nc(C(N)=O)cc2-c2ccc(C#N)cc2)cc1. The topological polar surface area (TPSA) is 84.7 Å². The van der Waals surface area contributed by atoms with E-state index in [0.717, 1.165) is 22.5 Å². The van der Waals surface area contributed by atoms with Crippen LogP contribution in [0.15, 0.2) is 54.6 Å². The number of amides is 1. The first kappa shape index (κ1) is 14.5. The summed E-state index contributed by atoms with van der Waals surface area (Å²) < 4.78 is 1.68. The first-order chi connectivity index (χ1) is 11.1. The molecule has 0 bridgehead atoms. The van der Waals surface area contributed by atoms with Crippen molar-refractivity contribution in [1.82, 2.24) is 9.78 Å². The van der Waals surface area contributed by atoms with Gasteiger partial charge in [0.15, 0.2) is 5.69 Å². The van der Waals surface area contributed by atoms with Crippen LogP contribution in [-0.2, 0) is 0 Å². The molecule has 0 fully saturated rings. The largest absolute Gasteiger partial charge is 0.364 e. The maximum atomic E-state index is 11.5. The lowest BCUT2D eigenvalue weighted by Crippen LogP contribution is -2.12. The van der Waals surface area contributed by atoms with E-state index in [1.807, 2.05) is 43.3 Å². The second-order valence-corrected chi connectivity index (χ2v) is 5.22. The highest BCUT2D eigenvalue weighted by Gasteiger charge is 2.14. The lowest BCUT2D eigenvalue weighted by atomic mass is 10.1. The molecule has 3 aromatic rings. The van der Waals surface area contributed by atoms with E-state index in [0.29, 0.717) is 5.56 Å². The Morgan fingerprint density at radius 3 is 2.35 bits per heavy atom. The van der Waals surface area contributed by atoms with Gasteiger partial charge >= 0.3 is 0 Å². The zero-order valence-electron chi connectivity index (χ0n) is 12.5. The van der Waals surface area contributed by atoms with E-state index in [4.69, 9.17) is 11.0 Å². The van der Waals surface area contributed by atoms with Gasteiger partial charge in [-0.15, -0.1) is 0 Å². The molecule has 0 aliphatic rings. The smallest absolute Gasteiger partial charge is 0.269 e. The number of nitrogens with two attached hydrogens (primary N) is 1. The summed E-state index contributed by atoms with van der Waals surface area (Å²) in [5.41, 5.74) is 9.70. The van der Waals surface area contributed by atoms with Gasteiger partial charge in [-0.3, -0.25) is 4.79 Å². The predicted molar refractivity (Wildman–Crippen MR) is 87.0 cm³/mol. The molecule has 0 aliphatic heterocycles. The number of rotatable bonds is 3. The van der Waals surface area contributed by atoms with Gasteiger partial charge in [0.1, 0.15) is 0 Å². The van der Waals surface area contributed by atoms with Crippen LogP contribution >= 0.6 is 0 Å². The molecule has 2 N–H and O–H groups in total. The number of primary amides is 1. The van der Waals surface area contributed by atoms with Crippen molar-refractivity contribution in [2.45, 2.75) is 6.92 Å². The van der Waals surface area contributed by atoms with Crippen molar-refractivity contribution in [3.63, 3.8) is 0 Å². The summed E-state index contributed by atoms with van der Waals surface area (Å²) in [4.78, 5) is 11.5. The van der Waals surface area contributed by atoms with Crippen LogP contribution in [0, 0.1) is 18.3 Å². The summed E-state index contributed by atoms with van der Waals surface area (Å²) in [6, 6.07) is 18.7. The molecule has 2 aromatic carbocycles. The zero-order chi connectivity index (χ0) is 16.4. The molecule has 3 rings (SSSR count). The van der Waals surface area contributed by atoms with Crippen LogP contribution in [-0.4, -0.2) is 15.7 Å². The fraction of sp³-hybridized carbons (Fsp3) is 0.0556. The van der Waals surface area contributed by atoms with Crippen molar-refractivity contribution in [3.05, 3.63) is 71.4 Å². The Hall–Kier alpha value is -3.39. The third-order valence-electron chi connectivity index (χ3n) is 3.55. The standard InChI is InChI=1S/C18H14N4O/c1-12-2-8-15(9-3-12)22-17(10-16(21-22)18(20)23)14-6-4-13(11-19)5-7-14/h2-10H,1H3,(H2,20,23). The highest BCUT2D eigenvalue weighted by Crippen LogP contribution is 2.24. The van der Waals surface area contributed by atoms with Crippen LogP contribution in [0.2, 0.25) is 0 Å². The fourth-order valence-electron chi connectivity index (χ4n) is 2.31. The van der Waals surface area contributed by atoms with Gasteiger partial charge < -0.3 is 5.73 Å². The van der Waals surface area contributed by atoms with Gasteiger partial charge in [-0.05, 0) is 37.3 Å². The lowest BCUT2D eigenvalue weighted by Gasteiger charge is -2.08. The van der Waals surface area contributed by atoms with E-state index in [9.17, 15) is 4.79 Å². The molecule has 0 spiro atoms. The minimum atomic E-state index is -0.578. The Bertz CT molecular complexity index is 900. The molecule has 5 nitrogen and oxygen atoms in total. The Labute approximate surface area is 133 Å². The molecule has 0 aliphatic carbocycles. The van der Waals surface area contributed by atoms with E-state index < -0.39 is 5.91 Å². The molecule has 1 amide bonds. The number of nitriles is 1. The molecule has 1 heterocycles. The van der Waals surface area contributed by atoms with Gasteiger partial charge in [0.05, 0.1) is 23.0 Å². The number of aryl methyl sites for hydroxylation is 1. The highest BCUT2D eigenvalue weighted by molar-refractivity contribution is 5.92. The Kier molecular flexibility index (Phi) is 3.65. The van der Waals surface area contributed by atoms with E-state index in [1.165, 1.54) is 0 Å². The average Bonchev–Trinajstić information content (AvgIpc) is 3.01. The lowest BCUT2D eigenvalue weighted by molar-refractivity contribution is 0.0995. The van der Waals surface area contributed by atoms with E-state index in [-0.39, 0.29) is 5.69 Å². The van der Waals surface area contributed by atoms with Crippen LogP contribution < -0.4 is 5.73 Å². The normalized spacial score (nSPS) is 10.3. The molecule has 0 atom stereocenters. The summed E-state index contributed by atoms with van der Waals surface area (Å²) in [6.45, 7) is 2.00. The van der Waals surface area contributed by atoms with Crippen molar-refractivity contribution < 1.29 is 4.79 Å².